The second kappa shape index (κ2) is 7.87. The Morgan fingerprint density at radius 2 is 1.96 bits per heavy atom. The first-order valence-electron chi connectivity index (χ1n) is 8.47. The van der Waals surface area contributed by atoms with E-state index in [4.69, 9.17) is 16.3 Å². The van der Waals surface area contributed by atoms with Crippen LogP contribution in [0.5, 0.6) is 5.75 Å². The molecule has 0 spiro atoms. The molecule has 2 aromatic rings. The van der Waals surface area contributed by atoms with Gasteiger partial charge in [0.2, 0.25) is 0 Å². The zero-order chi connectivity index (χ0) is 16.9. The molecule has 0 aromatic heterocycles. The van der Waals surface area contributed by atoms with Crippen LogP contribution in [-0.2, 0) is 0 Å². The summed E-state index contributed by atoms with van der Waals surface area (Å²) in [5.74, 6) is 1.26. The molecule has 0 radical (unpaired) electrons. The van der Waals surface area contributed by atoms with Crippen molar-refractivity contribution in [3.8, 4) is 5.75 Å². The number of hydrogen-bond acceptors (Lipinski definition) is 2. The maximum Gasteiger partial charge on any atom is 0.128 e. The van der Waals surface area contributed by atoms with E-state index in [2.05, 4.69) is 61.5 Å². The summed E-state index contributed by atoms with van der Waals surface area (Å²) in [5.41, 5.74) is 3.87. The average Bonchev–Trinajstić information content (AvgIpc) is 2.74. The minimum Gasteiger partial charge on any atom is -0.493 e. The molecule has 0 amide bonds. The van der Waals surface area contributed by atoms with Gasteiger partial charge in [0.25, 0.3) is 0 Å². The van der Waals surface area contributed by atoms with Crippen LogP contribution in [-0.4, -0.2) is 32.1 Å². The molecular weight excluding hydrogens is 318 g/mol. The third-order valence-electron chi connectivity index (χ3n) is 4.44. The van der Waals surface area contributed by atoms with Crippen LogP contribution in [0, 0.1) is 0 Å². The molecule has 1 aliphatic rings. The second-order valence-corrected chi connectivity index (χ2v) is 6.93. The summed E-state index contributed by atoms with van der Waals surface area (Å²) in [6.45, 7) is 1.74. The van der Waals surface area contributed by atoms with Crippen LogP contribution in [0.25, 0.3) is 5.57 Å². The smallest absolute Gasteiger partial charge is 0.128 e. The number of halogens is 1. The van der Waals surface area contributed by atoms with Crippen molar-refractivity contribution in [2.75, 3.05) is 27.2 Å². The summed E-state index contributed by atoms with van der Waals surface area (Å²) < 4.78 is 6.00. The fourth-order valence-corrected chi connectivity index (χ4v) is 3.41. The van der Waals surface area contributed by atoms with Crippen molar-refractivity contribution in [3.63, 3.8) is 0 Å². The highest BCUT2D eigenvalue weighted by atomic mass is 35.5. The van der Waals surface area contributed by atoms with Gasteiger partial charge >= 0.3 is 0 Å². The number of fused-ring (bicyclic) bond motifs is 1. The van der Waals surface area contributed by atoms with Gasteiger partial charge in [0.1, 0.15) is 5.75 Å². The molecule has 1 atom stereocenters. The molecule has 0 saturated heterocycles. The summed E-state index contributed by atoms with van der Waals surface area (Å²) >= 11 is 6.17. The SMILES string of the molecule is CN(C)CC/C=C1\c2ccc(Cl)cc2OCCC1c1ccccc1. The van der Waals surface area contributed by atoms with Gasteiger partial charge in [-0.1, -0.05) is 48.0 Å². The van der Waals surface area contributed by atoms with Gasteiger partial charge in [0, 0.05) is 23.0 Å². The first kappa shape index (κ1) is 17.1. The predicted molar refractivity (Wildman–Crippen MR) is 102 cm³/mol. The van der Waals surface area contributed by atoms with Gasteiger partial charge in [0.15, 0.2) is 0 Å². The monoisotopic (exact) mass is 341 g/mol. The van der Waals surface area contributed by atoms with Crippen LogP contribution in [0.3, 0.4) is 0 Å². The lowest BCUT2D eigenvalue weighted by atomic mass is 9.84. The highest BCUT2D eigenvalue weighted by Gasteiger charge is 2.24. The Kier molecular flexibility index (Phi) is 5.60. The zero-order valence-corrected chi connectivity index (χ0v) is 15.1. The van der Waals surface area contributed by atoms with Crippen LogP contribution in [0.1, 0.15) is 29.9 Å². The Morgan fingerprint density at radius 3 is 2.71 bits per heavy atom. The van der Waals surface area contributed by atoms with E-state index in [1.54, 1.807) is 0 Å². The fraction of sp³-hybridized carbons (Fsp3) is 0.333. The highest BCUT2D eigenvalue weighted by Crippen LogP contribution is 2.42. The van der Waals surface area contributed by atoms with E-state index in [0.717, 1.165) is 30.2 Å². The Labute approximate surface area is 149 Å². The van der Waals surface area contributed by atoms with Crippen molar-refractivity contribution >= 4 is 17.2 Å². The number of ether oxygens (including phenoxy) is 1. The Hall–Kier alpha value is -1.77. The molecule has 2 nitrogen and oxygen atoms in total. The Balaban J connectivity index is 2.02. The molecule has 0 bridgehead atoms. The minimum atomic E-state index is 0.357. The summed E-state index contributed by atoms with van der Waals surface area (Å²) in [4.78, 5) is 2.21. The van der Waals surface area contributed by atoms with Crippen molar-refractivity contribution in [1.29, 1.82) is 0 Å². The molecule has 0 saturated carbocycles. The topological polar surface area (TPSA) is 12.5 Å². The Bertz CT molecular complexity index is 709. The summed E-state index contributed by atoms with van der Waals surface area (Å²) in [6.07, 6.45) is 4.37. The molecule has 3 heteroatoms. The average molecular weight is 342 g/mol. The van der Waals surface area contributed by atoms with Crippen LogP contribution in [0.15, 0.2) is 54.6 Å². The van der Waals surface area contributed by atoms with E-state index in [9.17, 15) is 0 Å². The zero-order valence-electron chi connectivity index (χ0n) is 14.3. The van der Waals surface area contributed by atoms with E-state index < -0.39 is 0 Å². The fourth-order valence-electron chi connectivity index (χ4n) is 3.25. The third-order valence-corrected chi connectivity index (χ3v) is 4.67. The predicted octanol–water partition coefficient (Wildman–Crippen LogP) is 5.24. The lowest BCUT2D eigenvalue weighted by molar-refractivity contribution is 0.312. The molecule has 1 heterocycles. The standard InChI is InChI=1S/C21H24ClNO/c1-23(2)13-6-9-19-18(16-7-4-3-5-8-16)12-14-24-21-15-17(22)10-11-20(19)21/h3-5,7-11,15,18H,6,12-14H2,1-2H3/b19-9-. The number of rotatable bonds is 4. The first-order chi connectivity index (χ1) is 11.6. The summed E-state index contributed by atoms with van der Waals surface area (Å²) in [5, 5.41) is 0.722. The first-order valence-corrected chi connectivity index (χ1v) is 8.85. The second-order valence-electron chi connectivity index (χ2n) is 6.49. The van der Waals surface area contributed by atoms with Gasteiger partial charge in [-0.25, -0.2) is 0 Å². The van der Waals surface area contributed by atoms with Gasteiger partial charge in [-0.05, 0) is 56.3 Å². The van der Waals surface area contributed by atoms with E-state index >= 15 is 0 Å². The third kappa shape index (κ3) is 4.00. The minimum absolute atomic E-state index is 0.357. The quantitative estimate of drug-likeness (QED) is 0.753. The van der Waals surface area contributed by atoms with Gasteiger partial charge in [-0.2, -0.15) is 0 Å². The maximum atomic E-state index is 6.17. The molecule has 1 unspecified atom stereocenters. The lowest BCUT2D eigenvalue weighted by Crippen LogP contribution is -2.12. The normalized spacial score (nSPS) is 19.0. The molecule has 24 heavy (non-hydrogen) atoms. The number of nitrogens with zero attached hydrogens (tertiary/aromatic N) is 1. The van der Waals surface area contributed by atoms with Gasteiger partial charge < -0.3 is 9.64 Å². The molecule has 126 valence electrons. The van der Waals surface area contributed by atoms with Gasteiger partial charge in [-0.3, -0.25) is 0 Å². The number of benzene rings is 2. The van der Waals surface area contributed by atoms with Crippen LogP contribution >= 0.6 is 11.6 Å². The lowest BCUT2D eigenvalue weighted by Gasteiger charge is -2.19. The van der Waals surface area contributed by atoms with Crippen molar-refractivity contribution in [2.24, 2.45) is 0 Å². The molecule has 0 aliphatic carbocycles. The molecule has 1 aliphatic heterocycles. The van der Waals surface area contributed by atoms with Crippen LogP contribution in [0.2, 0.25) is 5.02 Å². The van der Waals surface area contributed by atoms with Crippen molar-refractivity contribution in [3.05, 3.63) is 70.8 Å². The number of allylic oxidation sites excluding steroid dienone is 1. The van der Waals surface area contributed by atoms with E-state index in [-0.39, 0.29) is 0 Å². The number of hydrogen-bond donors (Lipinski definition) is 0. The Morgan fingerprint density at radius 1 is 1.17 bits per heavy atom. The molecule has 3 rings (SSSR count). The van der Waals surface area contributed by atoms with Gasteiger partial charge in [0.05, 0.1) is 6.61 Å². The van der Waals surface area contributed by atoms with Gasteiger partial charge in [-0.15, -0.1) is 0 Å². The highest BCUT2D eigenvalue weighted by molar-refractivity contribution is 6.30. The van der Waals surface area contributed by atoms with Crippen LogP contribution in [0.4, 0.5) is 0 Å². The van der Waals surface area contributed by atoms with Crippen molar-refractivity contribution in [1.82, 2.24) is 4.90 Å². The van der Waals surface area contributed by atoms with E-state index in [0.29, 0.717) is 12.5 Å². The largest absolute Gasteiger partial charge is 0.493 e. The van der Waals surface area contributed by atoms with Crippen LogP contribution < -0.4 is 4.74 Å². The molecular formula is C21H24ClNO. The molecule has 0 fully saturated rings. The summed E-state index contributed by atoms with van der Waals surface area (Å²) in [6, 6.07) is 16.7. The summed E-state index contributed by atoms with van der Waals surface area (Å²) in [7, 11) is 4.22. The van der Waals surface area contributed by atoms with E-state index in [1.165, 1.54) is 16.7 Å². The maximum absolute atomic E-state index is 6.17. The van der Waals surface area contributed by atoms with E-state index in [1.807, 2.05) is 12.1 Å². The van der Waals surface area contributed by atoms with Crippen molar-refractivity contribution in [2.45, 2.75) is 18.8 Å². The molecule has 2 aromatic carbocycles. The molecule has 0 N–H and O–H groups in total. The van der Waals surface area contributed by atoms with Crippen molar-refractivity contribution < 1.29 is 4.74 Å².